The Kier molecular flexibility index (Phi) is 7.57. The molecule has 1 aliphatic heterocycles. The number of nitrogens with zero attached hydrogens (tertiary/aromatic N) is 3. The summed E-state index contributed by atoms with van der Waals surface area (Å²) >= 11 is 18.3. The number of benzene rings is 1. The molecule has 4 rings (SSSR count). The van der Waals surface area contributed by atoms with Crippen LogP contribution in [-0.2, 0) is 9.84 Å². The zero-order chi connectivity index (χ0) is 25.3. The summed E-state index contributed by atoms with van der Waals surface area (Å²) in [6, 6.07) is 11.7. The third-order valence-corrected chi connectivity index (χ3v) is 7.96. The largest absolute Gasteiger partial charge is 0.474 e. The van der Waals surface area contributed by atoms with Gasteiger partial charge in [0.15, 0.2) is 14.9 Å². The lowest BCUT2D eigenvalue weighted by Crippen LogP contribution is -2.32. The van der Waals surface area contributed by atoms with Crippen LogP contribution in [0.15, 0.2) is 59.9 Å². The molecular weight excluding hydrogens is 533 g/mol. The number of halogens is 3. The van der Waals surface area contributed by atoms with Crippen molar-refractivity contribution in [2.75, 3.05) is 19.3 Å². The van der Waals surface area contributed by atoms with E-state index < -0.39 is 9.84 Å². The van der Waals surface area contributed by atoms with Gasteiger partial charge in [-0.3, -0.25) is 4.79 Å². The topological polar surface area (TPSA) is 89.5 Å². The SMILES string of the molecule is C[C@@H](Oc1ccc(Cl)cn1)[C@@H]1CN(C(=O)c2ccc(S(C)(=O)=O)nc2)C[C@H]1c1ccc(Cl)c(Cl)c1. The lowest BCUT2D eigenvalue weighted by molar-refractivity contribution is 0.0769. The summed E-state index contributed by atoms with van der Waals surface area (Å²) in [5, 5.41) is 1.30. The molecule has 0 saturated carbocycles. The van der Waals surface area contributed by atoms with Crippen LogP contribution in [0.1, 0.15) is 28.8 Å². The van der Waals surface area contributed by atoms with E-state index in [1.807, 2.05) is 19.1 Å². The number of sulfone groups is 1. The fraction of sp³-hybridized carbons (Fsp3) is 0.292. The monoisotopic (exact) mass is 553 g/mol. The minimum absolute atomic E-state index is 0.0838. The highest BCUT2D eigenvalue weighted by molar-refractivity contribution is 7.90. The van der Waals surface area contributed by atoms with Crippen LogP contribution in [0.5, 0.6) is 5.88 Å². The number of hydrogen-bond donors (Lipinski definition) is 0. The lowest BCUT2D eigenvalue weighted by Gasteiger charge is -2.25. The summed E-state index contributed by atoms with van der Waals surface area (Å²) in [6.45, 7) is 2.76. The van der Waals surface area contributed by atoms with E-state index in [-0.39, 0.29) is 28.9 Å². The highest BCUT2D eigenvalue weighted by Gasteiger charge is 2.40. The second-order valence-corrected chi connectivity index (χ2v) is 11.7. The molecule has 1 aromatic carbocycles. The van der Waals surface area contributed by atoms with Crippen molar-refractivity contribution in [1.29, 1.82) is 0 Å². The predicted molar refractivity (Wildman–Crippen MR) is 135 cm³/mol. The maximum absolute atomic E-state index is 13.3. The van der Waals surface area contributed by atoms with Crippen LogP contribution in [-0.4, -0.2) is 54.6 Å². The Labute approximate surface area is 218 Å². The standard InChI is InChI=1S/C24H22Cl3N3O4S/c1-14(34-22-7-5-17(25)11-28-22)18-12-30(13-19(18)15-3-6-20(26)21(27)9-15)24(31)16-4-8-23(29-10-16)35(2,32)33/h3-11,14,18-19H,12-13H2,1-2H3/t14-,18+,19+/m1/s1. The molecule has 3 aromatic rings. The molecule has 1 amide bonds. The Balaban J connectivity index is 1.60. The molecule has 0 spiro atoms. The first kappa shape index (κ1) is 25.7. The molecule has 1 saturated heterocycles. The number of rotatable bonds is 6. The molecule has 3 heterocycles. The van der Waals surface area contributed by atoms with Crippen LogP contribution in [0.2, 0.25) is 15.1 Å². The fourth-order valence-corrected chi connectivity index (χ4v) is 5.16. The predicted octanol–water partition coefficient (Wildman–Crippen LogP) is 5.16. The third kappa shape index (κ3) is 5.89. The lowest BCUT2D eigenvalue weighted by atomic mass is 9.86. The number of pyridine rings is 2. The van der Waals surface area contributed by atoms with Crippen LogP contribution in [0.25, 0.3) is 0 Å². The summed E-state index contributed by atoms with van der Waals surface area (Å²) < 4.78 is 29.5. The van der Waals surface area contributed by atoms with E-state index in [1.54, 1.807) is 23.1 Å². The Morgan fingerprint density at radius 2 is 1.80 bits per heavy atom. The van der Waals surface area contributed by atoms with Crippen molar-refractivity contribution >= 4 is 50.5 Å². The first-order valence-electron chi connectivity index (χ1n) is 10.7. The van der Waals surface area contributed by atoms with Gasteiger partial charge in [-0.15, -0.1) is 0 Å². The van der Waals surface area contributed by atoms with Crippen LogP contribution in [0, 0.1) is 5.92 Å². The maximum Gasteiger partial charge on any atom is 0.255 e. The normalized spacial score (nSPS) is 18.9. The van der Waals surface area contributed by atoms with Gasteiger partial charge in [-0.25, -0.2) is 18.4 Å². The van der Waals surface area contributed by atoms with E-state index in [0.717, 1.165) is 11.8 Å². The third-order valence-electron chi connectivity index (χ3n) is 6.00. The van der Waals surface area contributed by atoms with Crippen LogP contribution in [0.3, 0.4) is 0 Å². The van der Waals surface area contributed by atoms with Crippen molar-refractivity contribution in [2.24, 2.45) is 5.92 Å². The van der Waals surface area contributed by atoms with Gasteiger partial charge in [-0.1, -0.05) is 40.9 Å². The molecule has 11 heteroatoms. The summed E-state index contributed by atoms with van der Waals surface area (Å²) in [4.78, 5) is 23.2. The van der Waals surface area contributed by atoms with Gasteiger partial charge < -0.3 is 9.64 Å². The molecule has 0 unspecified atom stereocenters. The molecule has 3 atom stereocenters. The van der Waals surface area contributed by atoms with Gasteiger partial charge >= 0.3 is 0 Å². The Bertz CT molecular complexity index is 1340. The minimum atomic E-state index is -3.46. The van der Waals surface area contributed by atoms with Crippen molar-refractivity contribution in [2.45, 2.75) is 24.0 Å². The summed E-state index contributed by atoms with van der Waals surface area (Å²) in [5.41, 5.74) is 1.24. The highest BCUT2D eigenvalue weighted by Crippen LogP contribution is 2.38. The second kappa shape index (κ2) is 10.3. The van der Waals surface area contributed by atoms with E-state index in [4.69, 9.17) is 39.5 Å². The molecule has 1 aliphatic rings. The number of ether oxygens (including phenoxy) is 1. The Morgan fingerprint density at radius 1 is 1.03 bits per heavy atom. The van der Waals surface area contributed by atoms with Gasteiger partial charge in [0, 0.05) is 49.6 Å². The minimum Gasteiger partial charge on any atom is -0.474 e. The Hall–Kier alpha value is -2.39. The number of carbonyl (C=O) groups is 1. The van der Waals surface area contributed by atoms with E-state index >= 15 is 0 Å². The number of carbonyl (C=O) groups excluding carboxylic acids is 1. The molecule has 0 aliphatic carbocycles. The maximum atomic E-state index is 13.3. The van der Waals surface area contributed by atoms with Gasteiger partial charge in [-0.05, 0) is 42.8 Å². The molecule has 184 valence electrons. The average Bonchev–Trinajstić information content (AvgIpc) is 3.27. The molecule has 35 heavy (non-hydrogen) atoms. The van der Waals surface area contributed by atoms with Gasteiger partial charge in [0.25, 0.3) is 5.91 Å². The van der Waals surface area contributed by atoms with E-state index in [2.05, 4.69) is 9.97 Å². The Morgan fingerprint density at radius 3 is 2.40 bits per heavy atom. The zero-order valence-electron chi connectivity index (χ0n) is 18.9. The number of amides is 1. The first-order chi connectivity index (χ1) is 16.5. The van der Waals surface area contributed by atoms with Crippen molar-refractivity contribution in [1.82, 2.24) is 14.9 Å². The zero-order valence-corrected chi connectivity index (χ0v) is 21.9. The van der Waals surface area contributed by atoms with Gasteiger partial charge in [0.1, 0.15) is 6.10 Å². The number of hydrogen-bond acceptors (Lipinski definition) is 6. The van der Waals surface area contributed by atoms with E-state index in [9.17, 15) is 13.2 Å². The number of aromatic nitrogens is 2. The van der Waals surface area contributed by atoms with E-state index in [1.165, 1.54) is 24.5 Å². The molecular formula is C24H22Cl3N3O4S. The quantitative estimate of drug-likeness (QED) is 0.418. The summed E-state index contributed by atoms with van der Waals surface area (Å²) in [7, 11) is -3.46. The van der Waals surface area contributed by atoms with Gasteiger partial charge in [0.2, 0.25) is 5.88 Å². The van der Waals surface area contributed by atoms with Gasteiger partial charge in [-0.2, -0.15) is 0 Å². The molecule has 0 bridgehead atoms. The van der Waals surface area contributed by atoms with Crippen molar-refractivity contribution < 1.29 is 17.9 Å². The fourth-order valence-electron chi connectivity index (χ4n) is 4.18. The smallest absolute Gasteiger partial charge is 0.255 e. The molecule has 0 radical (unpaired) electrons. The molecule has 1 fully saturated rings. The summed E-state index contributed by atoms with van der Waals surface area (Å²) in [5.74, 6) is 0.0123. The summed E-state index contributed by atoms with van der Waals surface area (Å²) in [6.07, 6.45) is 3.57. The second-order valence-electron chi connectivity index (χ2n) is 8.45. The average molecular weight is 555 g/mol. The van der Waals surface area contributed by atoms with Crippen LogP contribution >= 0.6 is 34.8 Å². The van der Waals surface area contributed by atoms with E-state index in [0.29, 0.717) is 39.6 Å². The molecule has 0 N–H and O–H groups in total. The molecule has 7 nitrogen and oxygen atoms in total. The first-order valence-corrected chi connectivity index (χ1v) is 13.7. The van der Waals surface area contributed by atoms with Crippen LogP contribution < -0.4 is 4.74 Å². The van der Waals surface area contributed by atoms with Crippen molar-refractivity contribution in [3.63, 3.8) is 0 Å². The highest BCUT2D eigenvalue weighted by atomic mass is 35.5. The van der Waals surface area contributed by atoms with Crippen molar-refractivity contribution in [3.8, 4) is 5.88 Å². The van der Waals surface area contributed by atoms with Crippen molar-refractivity contribution in [3.05, 3.63) is 81.1 Å². The van der Waals surface area contributed by atoms with Crippen LogP contribution in [0.4, 0.5) is 0 Å². The van der Waals surface area contributed by atoms with Gasteiger partial charge in [0.05, 0.1) is 20.6 Å². The molecule has 2 aromatic heterocycles. The number of likely N-dealkylation sites (tertiary alicyclic amines) is 1.